The molecule has 0 atom stereocenters. The van der Waals surface area contributed by atoms with Gasteiger partial charge in [0.15, 0.2) is 0 Å². The predicted octanol–water partition coefficient (Wildman–Crippen LogP) is 10.4. The molecule has 0 saturated heterocycles. The Morgan fingerprint density at radius 3 is 1.90 bits per heavy atom. The quantitative estimate of drug-likeness (QED) is 0.226. The molecule has 0 amide bonds. The fraction of sp³-hybridized carbons (Fsp3) is 0. The summed E-state index contributed by atoms with van der Waals surface area (Å²) in [7, 11) is 0. The maximum absolute atomic E-state index is 2.47. The maximum atomic E-state index is 2.47. The van der Waals surface area contributed by atoms with Crippen LogP contribution in [0.4, 0.5) is 0 Å². The summed E-state index contributed by atoms with van der Waals surface area (Å²) in [5.41, 5.74) is 11.5. The average Bonchev–Trinajstić information content (AvgIpc) is 3.51. The molecular weight excluding hydrogens is 470 g/mol. The van der Waals surface area contributed by atoms with E-state index < -0.39 is 0 Å². The number of hydrogen-bond donors (Lipinski definition) is 0. The van der Waals surface area contributed by atoms with Gasteiger partial charge in [0.1, 0.15) is 0 Å². The zero-order valence-corrected chi connectivity index (χ0v) is 21.2. The lowest BCUT2D eigenvalue weighted by atomic mass is 9.98. The standard InChI is InChI=1S/C38H23N/c1-2-12-28-24(8-1)9-5-14-29(28)25-18-20-27(21-19-25)39-35-17-4-3-13-30(35)33-23-22-32-31-15-6-10-26-11-7-16-34(36(26)31)37(32)38(33)39/h1-23H. The minimum absolute atomic E-state index is 1.18. The van der Waals surface area contributed by atoms with Crippen LogP contribution in [0.3, 0.4) is 0 Å². The van der Waals surface area contributed by atoms with Gasteiger partial charge in [-0.25, -0.2) is 0 Å². The van der Waals surface area contributed by atoms with Crippen molar-refractivity contribution in [3.63, 3.8) is 0 Å². The van der Waals surface area contributed by atoms with E-state index in [9.17, 15) is 0 Å². The first kappa shape index (κ1) is 20.9. The second-order valence-electron chi connectivity index (χ2n) is 10.5. The number of para-hydroxylation sites is 1. The predicted molar refractivity (Wildman–Crippen MR) is 166 cm³/mol. The van der Waals surface area contributed by atoms with E-state index in [0.717, 1.165) is 0 Å². The van der Waals surface area contributed by atoms with Gasteiger partial charge in [0.05, 0.1) is 11.0 Å². The molecule has 0 bridgehead atoms. The molecule has 0 unspecified atom stereocenters. The maximum Gasteiger partial charge on any atom is 0.0625 e. The van der Waals surface area contributed by atoms with E-state index in [2.05, 4.69) is 144 Å². The second kappa shape index (κ2) is 7.69. The van der Waals surface area contributed by atoms with Gasteiger partial charge in [0.25, 0.3) is 0 Å². The molecule has 1 nitrogen and oxygen atoms in total. The fourth-order valence-electron chi connectivity index (χ4n) is 6.86. The number of benzene rings is 7. The van der Waals surface area contributed by atoms with Crippen molar-refractivity contribution in [3.05, 3.63) is 140 Å². The highest BCUT2D eigenvalue weighted by Crippen LogP contribution is 2.51. The summed E-state index contributed by atoms with van der Waals surface area (Å²) in [5.74, 6) is 0. The zero-order chi connectivity index (χ0) is 25.5. The topological polar surface area (TPSA) is 4.93 Å². The Balaban J connectivity index is 1.33. The van der Waals surface area contributed by atoms with E-state index in [-0.39, 0.29) is 0 Å². The van der Waals surface area contributed by atoms with Crippen molar-refractivity contribution in [1.29, 1.82) is 0 Å². The van der Waals surface area contributed by atoms with E-state index in [4.69, 9.17) is 0 Å². The van der Waals surface area contributed by atoms with E-state index in [1.54, 1.807) is 0 Å². The lowest BCUT2D eigenvalue weighted by Crippen LogP contribution is -1.95. The van der Waals surface area contributed by atoms with Crippen LogP contribution in [0.15, 0.2) is 140 Å². The third-order valence-corrected chi connectivity index (χ3v) is 8.53. The van der Waals surface area contributed by atoms with Crippen LogP contribution in [0.25, 0.3) is 82.4 Å². The summed E-state index contributed by atoms with van der Waals surface area (Å²) in [6.45, 7) is 0. The Kier molecular flexibility index (Phi) is 4.11. The first-order valence-electron chi connectivity index (χ1n) is 13.5. The van der Waals surface area contributed by atoms with Crippen molar-refractivity contribution >= 4 is 43.4 Å². The molecule has 0 aliphatic heterocycles. The highest BCUT2D eigenvalue weighted by atomic mass is 15.0. The van der Waals surface area contributed by atoms with Crippen molar-refractivity contribution < 1.29 is 0 Å². The molecule has 0 radical (unpaired) electrons. The molecule has 9 rings (SSSR count). The zero-order valence-electron chi connectivity index (χ0n) is 21.2. The summed E-state index contributed by atoms with van der Waals surface area (Å²) in [4.78, 5) is 0. The third-order valence-electron chi connectivity index (χ3n) is 8.53. The van der Waals surface area contributed by atoms with Crippen molar-refractivity contribution in [2.24, 2.45) is 0 Å². The molecule has 39 heavy (non-hydrogen) atoms. The van der Waals surface area contributed by atoms with Gasteiger partial charge in [0, 0.05) is 22.0 Å². The Hall–Kier alpha value is -5.14. The Labute approximate surface area is 226 Å². The first-order chi connectivity index (χ1) is 19.4. The van der Waals surface area contributed by atoms with Gasteiger partial charge in [-0.3, -0.25) is 0 Å². The van der Waals surface area contributed by atoms with Crippen molar-refractivity contribution in [1.82, 2.24) is 4.57 Å². The van der Waals surface area contributed by atoms with E-state index in [1.807, 2.05) is 0 Å². The van der Waals surface area contributed by atoms with Crippen LogP contribution in [0.5, 0.6) is 0 Å². The molecule has 0 saturated carbocycles. The number of hydrogen-bond acceptors (Lipinski definition) is 0. The van der Waals surface area contributed by atoms with E-state index in [0.29, 0.717) is 0 Å². The van der Waals surface area contributed by atoms with Crippen LogP contribution in [-0.2, 0) is 0 Å². The van der Waals surface area contributed by atoms with Crippen LogP contribution in [0.1, 0.15) is 0 Å². The molecule has 1 heterocycles. The lowest BCUT2D eigenvalue weighted by molar-refractivity contribution is 1.18. The Morgan fingerprint density at radius 2 is 1.05 bits per heavy atom. The first-order valence-corrected chi connectivity index (χ1v) is 13.5. The van der Waals surface area contributed by atoms with Crippen LogP contribution in [0.2, 0.25) is 0 Å². The molecule has 8 aromatic rings. The van der Waals surface area contributed by atoms with Gasteiger partial charge in [-0.15, -0.1) is 0 Å². The molecule has 1 aliphatic rings. The summed E-state index contributed by atoms with van der Waals surface area (Å²) in [6, 6.07) is 51.2. The summed E-state index contributed by atoms with van der Waals surface area (Å²) in [5, 5.41) is 7.81. The Morgan fingerprint density at radius 1 is 0.385 bits per heavy atom. The van der Waals surface area contributed by atoms with Gasteiger partial charge in [-0.05, 0) is 67.6 Å². The Bertz CT molecular complexity index is 2250. The van der Waals surface area contributed by atoms with Crippen molar-refractivity contribution in [3.8, 4) is 39.1 Å². The number of fused-ring (bicyclic) bond motifs is 8. The van der Waals surface area contributed by atoms with Gasteiger partial charge < -0.3 is 4.57 Å². The van der Waals surface area contributed by atoms with Gasteiger partial charge >= 0.3 is 0 Å². The summed E-state index contributed by atoms with van der Waals surface area (Å²) >= 11 is 0. The number of nitrogens with zero attached hydrogens (tertiary/aromatic N) is 1. The SMILES string of the molecule is c1ccc2c(-c3ccc(-n4c5ccccc5c5ccc6c(c54)-c4cccc5cccc-6c45)cc3)cccc2c1. The molecular formula is C38H23N. The molecule has 0 fully saturated rings. The van der Waals surface area contributed by atoms with Crippen LogP contribution in [0, 0.1) is 0 Å². The van der Waals surface area contributed by atoms with Crippen LogP contribution >= 0.6 is 0 Å². The van der Waals surface area contributed by atoms with E-state index in [1.165, 1.54) is 82.4 Å². The van der Waals surface area contributed by atoms with Gasteiger partial charge in [-0.1, -0.05) is 121 Å². The molecule has 1 heteroatoms. The minimum atomic E-state index is 1.18. The van der Waals surface area contributed by atoms with Crippen LogP contribution < -0.4 is 0 Å². The average molecular weight is 494 g/mol. The lowest BCUT2D eigenvalue weighted by Gasteiger charge is -2.13. The highest BCUT2D eigenvalue weighted by molar-refractivity contribution is 6.24. The normalized spacial score (nSPS) is 12.1. The van der Waals surface area contributed by atoms with Crippen molar-refractivity contribution in [2.45, 2.75) is 0 Å². The fourth-order valence-corrected chi connectivity index (χ4v) is 6.86. The largest absolute Gasteiger partial charge is 0.309 e. The molecule has 180 valence electrons. The van der Waals surface area contributed by atoms with Gasteiger partial charge in [0.2, 0.25) is 0 Å². The monoisotopic (exact) mass is 493 g/mol. The van der Waals surface area contributed by atoms with Crippen LogP contribution in [-0.4, -0.2) is 4.57 Å². The smallest absolute Gasteiger partial charge is 0.0625 e. The van der Waals surface area contributed by atoms with E-state index >= 15 is 0 Å². The van der Waals surface area contributed by atoms with Crippen molar-refractivity contribution in [2.75, 3.05) is 0 Å². The number of rotatable bonds is 2. The summed E-state index contributed by atoms with van der Waals surface area (Å²) < 4.78 is 2.47. The minimum Gasteiger partial charge on any atom is -0.309 e. The molecule has 1 aliphatic carbocycles. The second-order valence-corrected chi connectivity index (χ2v) is 10.5. The molecule has 0 N–H and O–H groups in total. The molecule has 1 aromatic heterocycles. The summed E-state index contributed by atoms with van der Waals surface area (Å²) in [6.07, 6.45) is 0. The molecule has 0 spiro atoms. The molecule has 7 aromatic carbocycles. The van der Waals surface area contributed by atoms with Gasteiger partial charge in [-0.2, -0.15) is 0 Å². The number of aromatic nitrogens is 1. The highest BCUT2D eigenvalue weighted by Gasteiger charge is 2.26. The third kappa shape index (κ3) is 2.79.